The Hall–Kier alpha value is -1.31. The van der Waals surface area contributed by atoms with Crippen molar-refractivity contribution in [3.8, 4) is 5.75 Å². The smallest absolute Gasteiger partial charge is 0.404 e. The van der Waals surface area contributed by atoms with Crippen molar-refractivity contribution in [2.24, 2.45) is 5.73 Å². The molecule has 1 rings (SSSR count). The van der Waals surface area contributed by atoms with Gasteiger partial charge in [-0.05, 0) is 18.2 Å². The number of nitrogens with two attached hydrogens (primary N) is 1. The summed E-state index contributed by atoms with van der Waals surface area (Å²) in [7, 11) is 0. The Kier molecular flexibility index (Phi) is 7.24. The molecule has 4 N–H and O–H groups in total. The van der Waals surface area contributed by atoms with Gasteiger partial charge in [0, 0.05) is 17.6 Å². The van der Waals surface area contributed by atoms with Gasteiger partial charge < -0.3 is 25.6 Å². The summed E-state index contributed by atoms with van der Waals surface area (Å²) in [6.07, 6.45) is -1.45. The summed E-state index contributed by atoms with van der Waals surface area (Å²) in [5.41, 5.74) is 4.80. The predicted octanol–water partition coefficient (Wildman–Crippen LogP) is 0.874. The first-order valence-electron chi connectivity index (χ1n) is 5.77. The van der Waals surface area contributed by atoms with Gasteiger partial charge >= 0.3 is 6.09 Å². The van der Waals surface area contributed by atoms with Gasteiger partial charge in [-0.1, -0.05) is 22.0 Å². The van der Waals surface area contributed by atoms with E-state index >= 15 is 0 Å². The molecule has 0 heterocycles. The van der Waals surface area contributed by atoms with Crippen LogP contribution < -0.4 is 15.8 Å². The van der Waals surface area contributed by atoms with Crippen molar-refractivity contribution < 1.29 is 19.4 Å². The van der Waals surface area contributed by atoms with Gasteiger partial charge in [-0.15, -0.1) is 0 Å². The van der Waals surface area contributed by atoms with Crippen molar-refractivity contribution in [1.29, 1.82) is 0 Å². The van der Waals surface area contributed by atoms with Crippen LogP contribution in [0.5, 0.6) is 5.75 Å². The molecular weight excluding hydrogens is 316 g/mol. The maximum Gasteiger partial charge on any atom is 0.404 e. The summed E-state index contributed by atoms with van der Waals surface area (Å²) in [6, 6.07) is 7.38. The number of aliphatic hydroxyl groups is 1. The van der Waals surface area contributed by atoms with Crippen molar-refractivity contribution in [2.75, 3.05) is 26.3 Å². The lowest BCUT2D eigenvalue weighted by molar-refractivity contribution is 0.104. The molecule has 7 heteroatoms. The molecule has 19 heavy (non-hydrogen) atoms. The fourth-order valence-electron chi connectivity index (χ4n) is 1.30. The Labute approximate surface area is 120 Å². The molecule has 1 unspecified atom stereocenters. The van der Waals surface area contributed by atoms with E-state index in [4.69, 9.17) is 10.5 Å². The van der Waals surface area contributed by atoms with Crippen LogP contribution in [0.25, 0.3) is 0 Å². The van der Waals surface area contributed by atoms with Crippen LogP contribution in [-0.4, -0.2) is 43.6 Å². The van der Waals surface area contributed by atoms with Gasteiger partial charge in [0.1, 0.15) is 25.1 Å². The number of carbonyl (C=O) groups excluding carboxylic acids is 1. The van der Waals surface area contributed by atoms with Gasteiger partial charge in [-0.2, -0.15) is 0 Å². The van der Waals surface area contributed by atoms with Crippen LogP contribution in [0.3, 0.4) is 0 Å². The van der Waals surface area contributed by atoms with Gasteiger partial charge in [-0.25, -0.2) is 4.79 Å². The number of amides is 1. The van der Waals surface area contributed by atoms with Crippen molar-refractivity contribution in [1.82, 2.24) is 5.32 Å². The second-order valence-corrected chi connectivity index (χ2v) is 4.71. The lowest BCUT2D eigenvalue weighted by Gasteiger charge is -2.13. The fraction of sp³-hybridized carbons (Fsp3) is 0.417. The number of hydrogen-bond acceptors (Lipinski definition) is 5. The number of benzene rings is 1. The highest BCUT2D eigenvalue weighted by Gasteiger charge is 2.05. The summed E-state index contributed by atoms with van der Waals surface area (Å²) < 4.78 is 10.9. The molecule has 0 saturated carbocycles. The Morgan fingerprint density at radius 2 is 2.32 bits per heavy atom. The van der Waals surface area contributed by atoms with E-state index in [1.165, 1.54) is 0 Å². The van der Waals surface area contributed by atoms with Crippen LogP contribution in [0.4, 0.5) is 4.79 Å². The van der Waals surface area contributed by atoms with Crippen molar-refractivity contribution in [2.45, 2.75) is 6.10 Å². The largest absolute Gasteiger partial charge is 0.491 e. The molecular formula is C12H17BrN2O4. The maximum absolute atomic E-state index is 10.3. The number of halogens is 1. The Morgan fingerprint density at radius 3 is 3.00 bits per heavy atom. The molecule has 1 aromatic carbocycles. The quantitative estimate of drug-likeness (QED) is 0.614. The summed E-state index contributed by atoms with van der Waals surface area (Å²) in [5, 5.41) is 12.6. The van der Waals surface area contributed by atoms with E-state index in [0.717, 1.165) is 4.47 Å². The first kappa shape index (κ1) is 15.7. The van der Waals surface area contributed by atoms with E-state index in [-0.39, 0.29) is 13.2 Å². The van der Waals surface area contributed by atoms with Crippen molar-refractivity contribution in [3.63, 3.8) is 0 Å². The second kappa shape index (κ2) is 8.73. The molecule has 1 aromatic rings. The third kappa shape index (κ3) is 7.66. The van der Waals surface area contributed by atoms with E-state index in [2.05, 4.69) is 26.0 Å². The molecule has 0 aliphatic heterocycles. The summed E-state index contributed by atoms with van der Waals surface area (Å²) in [5.74, 6) is 0.686. The average molecular weight is 333 g/mol. The minimum atomic E-state index is -0.805. The SMILES string of the molecule is NC(=O)OCCNCC(O)COc1cccc(Br)c1. The molecule has 0 aliphatic carbocycles. The average Bonchev–Trinajstić information content (AvgIpc) is 2.35. The zero-order chi connectivity index (χ0) is 14.1. The lowest BCUT2D eigenvalue weighted by atomic mass is 10.3. The van der Waals surface area contributed by atoms with Gasteiger partial charge in [0.2, 0.25) is 0 Å². The fourth-order valence-corrected chi connectivity index (χ4v) is 1.68. The number of hydrogen-bond donors (Lipinski definition) is 3. The summed E-state index contributed by atoms with van der Waals surface area (Å²) >= 11 is 3.33. The predicted molar refractivity (Wildman–Crippen MR) is 74.0 cm³/mol. The van der Waals surface area contributed by atoms with Gasteiger partial charge in [0.15, 0.2) is 0 Å². The van der Waals surface area contributed by atoms with Crippen LogP contribution in [0.15, 0.2) is 28.7 Å². The molecule has 0 saturated heterocycles. The molecule has 1 atom stereocenters. The molecule has 0 bridgehead atoms. The number of ether oxygens (including phenoxy) is 2. The zero-order valence-corrected chi connectivity index (χ0v) is 11.9. The van der Waals surface area contributed by atoms with E-state index in [0.29, 0.717) is 18.8 Å². The molecule has 0 aromatic heterocycles. The highest BCUT2D eigenvalue weighted by Crippen LogP contribution is 2.17. The number of primary amides is 1. The topological polar surface area (TPSA) is 93.8 Å². The normalized spacial score (nSPS) is 11.9. The van der Waals surface area contributed by atoms with Crippen LogP contribution >= 0.6 is 15.9 Å². The zero-order valence-electron chi connectivity index (χ0n) is 10.3. The van der Waals surface area contributed by atoms with E-state index < -0.39 is 12.2 Å². The number of carbonyl (C=O) groups is 1. The molecule has 0 spiro atoms. The van der Waals surface area contributed by atoms with Crippen LogP contribution in [-0.2, 0) is 4.74 Å². The molecule has 6 nitrogen and oxygen atoms in total. The lowest BCUT2D eigenvalue weighted by Crippen LogP contribution is -2.33. The number of rotatable bonds is 8. The number of aliphatic hydroxyl groups excluding tert-OH is 1. The van der Waals surface area contributed by atoms with E-state index in [1.807, 2.05) is 24.3 Å². The van der Waals surface area contributed by atoms with Gasteiger partial charge in [0.25, 0.3) is 0 Å². The van der Waals surface area contributed by atoms with Crippen molar-refractivity contribution >= 4 is 22.0 Å². The van der Waals surface area contributed by atoms with Crippen LogP contribution in [0.2, 0.25) is 0 Å². The Bertz CT molecular complexity index is 403. The monoisotopic (exact) mass is 332 g/mol. The van der Waals surface area contributed by atoms with Crippen LogP contribution in [0, 0.1) is 0 Å². The van der Waals surface area contributed by atoms with E-state index in [1.54, 1.807) is 0 Å². The van der Waals surface area contributed by atoms with Crippen LogP contribution in [0.1, 0.15) is 0 Å². The first-order chi connectivity index (χ1) is 9.08. The molecule has 0 radical (unpaired) electrons. The molecule has 1 amide bonds. The molecule has 0 aliphatic rings. The maximum atomic E-state index is 10.3. The van der Waals surface area contributed by atoms with Gasteiger partial charge in [0.05, 0.1) is 0 Å². The minimum absolute atomic E-state index is 0.175. The number of nitrogens with one attached hydrogen (secondary N) is 1. The van der Waals surface area contributed by atoms with Gasteiger partial charge in [-0.3, -0.25) is 0 Å². The highest BCUT2D eigenvalue weighted by molar-refractivity contribution is 9.10. The molecule has 0 fully saturated rings. The first-order valence-corrected chi connectivity index (χ1v) is 6.56. The standard InChI is InChI=1S/C12H17BrN2O4/c13-9-2-1-3-11(6-9)19-8-10(16)7-15-4-5-18-12(14)17/h1-3,6,10,15-16H,4-5,7-8H2,(H2,14,17). The third-order valence-electron chi connectivity index (χ3n) is 2.14. The van der Waals surface area contributed by atoms with Crippen molar-refractivity contribution in [3.05, 3.63) is 28.7 Å². The second-order valence-electron chi connectivity index (χ2n) is 3.79. The summed E-state index contributed by atoms with van der Waals surface area (Å²) in [6.45, 7) is 1.13. The highest BCUT2D eigenvalue weighted by atomic mass is 79.9. The molecule has 106 valence electrons. The Balaban J connectivity index is 2.11. The van der Waals surface area contributed by atoms with E-state index in [9.17, 15) is 9.90 Å². The minimum Gasteiger partial charge on any atom is -0.491 e. The Morgan fingerprint density at radius 1 is 1.53 bits per heavy atom. The third-order valence-corrected chi connectivity index (χ3v) is 2.63. The summed E-state index contributed by atoms with van der Waals surface area (Å²) in [4.78, 5) is 10.3.